The summed E-state index contributed by atoms with van der Waals surface area (Å²) in [6.07, 6.45) is -8.21. The van der Waals surface area contributed by atoms with Crippen molar-refractivity contribution in [2.24, 2.45) is 11.3 Å². The van der Waals surface area contributed by atoms with Crippen molar-refractivity contribution in [1.29, 1.82) is 0 Å². The number of nitrogens with one attached hydrogen (secondary N) is 4. The average molecular weight is 790 g/mol. The zero-order valence-electron chi connectivity index (χ0n) is 32.2. The monoisotopic (exact) mass is 789 g/mol. The number of amides is 4. The van der Waals surface area contributed by atoms with Crippen molar-refractivity contribution in [3.05, 3.63) is 0 Å². The summed E-state index contributed by atoms with van der Waals surface area (Å²) in [4.78, 5) is 64.7. The molecule has 3 aliphatic rings. The van der Waals surface area contributed by atoms with Crippen molar-refractivity contribution in [1.82, 2.24) is 26.2 Å². The van der Waals surface area contributed by atoms with Crippen molar-refractivity contribution >= 4 is 29.4 Å². The highest BCUT2D eigenvalue weighted by Crippen LogP contribution is 2.39. The van der Waals surface area contributed by atoms with Gasteiger partial charge in [-0.1, -0.05) is 6.92 Å². The van der Waals surface area contributed by atoms with Crippen LogP contribution in [0.3, 0.4) is 0 Å². The Labute approximate surface area is 321 Å². The van der Waals surface area contributed by atoms with Crippen LogP contribution in [-0.4, -0.2) is 180 Å². The Morgan fingerprint density at radius 1 is 0.709 bits per heavy atom. The molecule has 3 fully saturated rings. The van der Waals surface area contributed by atoms with E-state index in [1.54, 1.807) is 18.9 Å². The molecule has 19 nitrogen and oxygen atoms in total. The second-order valence-electron chi connectivity index (χ2n) is 15.1. The van der Waals surface area contributed by atoms with E-state index in [4.69, 9.17) is 14.2 Å². The third-order valence-electron chi connectivity index (χ3n) is 10.7. The maximum atomic E-state index is 13.2. The smallest absolute Gasteiger partial charge is 0.222 e. The van der Waals surface area contributed by atoms with Gasteiger partial charge in [-0.2, -0.15) is 0 Å². The van der Waals surface area contributed by atoms with Crippen molar-refractivity contribution in [2.45, 2.75) is 127 Å². The summed E-state index contributed by atoms with van der Waals surface area (Å²) in [6.45, 7) is 4.12. The number of carbonyl (C=O) groups excluding carboxylic acids is 5. The van der Waals surface area contributed by atoms with E-state index in [-0.39, 0.29) is 100 Å². The molecule has 0 aromatic carbocycles. The predicted octanol–water partition coefficient (Wildman–Crippen LogP) is -3.58. The summed E-state index contributed by atoms with van der Waals surface area (Å²) in [5.74, 6) is -1.48. The fourth-order valence-electron chi connectivity index (χ4n) is 7.21. The molecule has 1 saturated carbocycles. The largest absolute Gasteiger partial charge is 0.390 e. The number of hydrogen-bond acceptors (Lipinski definition) is 15. The quantitative estimate of drug-likeness (QED) is 0.0504. The van der Waals surface area contributed by atoms with Crippen LogP contribution in [0.25, 0.3) is 0 Å². The molecule has 2 aliphatic heterocycles. The SMILES string of the molecule is CNCC(=O)CNC(=O)CCCCC(=O)N1CCC(CC(=O)NCCO[C@@H]2O[C@@H](C)[C@@H](O)[C@@H](O)[C@@H]2O)(CC(=O)NCCO[C@@H]2C[C@@H](C)[C@@H](O)[C@@H](O)[C@@H]2O)CC1. The molecule has 0 unspecified atom stereocenters. The standard InChI is InChI=1S/C36H63N5O14/c1-21-16-24(31(49)32(50)29(21)47)53-14-10-38-26(44)17-36(18-27(45)39-11-15-54-35-34(52)33(51)30(48)22(2)55-35)8-12-41(13-9-36)28(46)7-5-4-6-25(43)40-20-23(42)19-37-3/h21-22,24,29-35,37,47-52H,4-20H2,1-3H3,(H,38,44)(H,39,45)(H,40,43)/t21-,22+,24-,29-,30-,31-,32-,33-,34+,35-/m1/s1. The van der Waals surface area contributed by atoms with E-state index in [1.807, 2.05) is 0 Å². The van der Waals surface area contributed by atoms with Crippen LogP contribution in [-0.2, 0) is 38.2 Å². The van der Waals surface area contributed by atoms with Gasteiger partial charge in [0.25, 0.3) is 0 Å². The van der Waals surface area contributed by atoms with E-state index in [1.165, 1.54) is 6.92 Å². The molecular weight excluding hydrogens is 726 g/mol. The Hall–Kier alpha value is -2.85. The number of rotatable bonds is 21. The van der Waals surface area contributed by atoms with Gasteiger partial charge in [0.1, 0.15) is 30.5 Å². The molecule has 316 valence electrons. The summed E-state index contributed by atoms with van der Waals surface area (Å²) in [5.41, 5.74) is -0.789. The first-order valence-corrected chi connectivity index (χ1v) is 19.3. The minimum Gasteiger partial charge on any atom is -0.390 e. The van der Waals surface area contributed by atoms with E-state index in [0.29, 0.717) is 45.2 Å². The van der Waals surface area contributed by atoms with Gasteiger partial charge in [0.2, 0.25) is 23.6 Å². The molecule has 4 amide bonds. The van der Waals surface area contributed by atoms with E-state index in [2.05, 4.69) is 21.3 Å². The van der Waals surface area contributed by atoms with Crippen molar-refractivity contribution in [3.8, 4) is 0 Å². The summed E-state index contributed by atoms with van der Waals surface area (Å²) >= 11 is 0. The molecule has 2 heterocycles. The number of likely N-dealkylation sites (tertiary alicyclic amines) is 1. The Balaban J connectivity index is 1.49. The molecule has 0 aromatic rings. The lowest BCUT2D eigenvalue weighted by molar-refractivity contribution is -0.292. The highest BCUT2D eigenvalue weighted by atomic mass is 16.7. The lowest BCUT2D eigenvalue weighted by atomic mass is 9.72. The molecule has 0 aromatic heterocycles. The van der Waals surface area contributed by atoms with Gasteiger partial charge in [0, 0.05) is 51.9 Å². The maximum Gasteiger partial charge on any atom is 0.222 e. The second-order valence-corrected chi connectivity index (χ2v) is 15.1. The van der Waals surface area contributed by atoms with Crippen LogP contribution in [0, 0.1) is 11.3 Å². The highest BCUT2D eigenvalue weighted by Gasteiger charge is 2.43. The van der Waals surface area contributed by atoms with Crippen LogP contribution in [0.1, 0.15) is 71.6 Å². The van der Waals surface area contributed by atoms with Gasteiger partial charge in [-0.05, 0) is 57.4 Å². The molecule has 2 saturated heterocycles. The van der Waals surface area contributed by atoms with E-state index < -0.39 is 60.5 Å². The number of unbranched alkanes of at least 4 members (excludes halogenated alkanes) is 1. The fraction of sp³-hybridized carbons (Fsp3) is 0.861. The lowest BCUT2D eigenvalue weighted by Crippen LogP contribution is -2.57. The highest BCUT2D eigenvalue weighted by molar-refractivity contribution is 5.87. The number of nitrogens with zero attached hydrogens (tertiary/aromatic N) is 1. The van der Waals surface area contributed by atoms with Crippen LogP contribution < -0.4 is 21.3 Å². The molecule has 0 bridgehead atoms. The number of hydrogen-bond donors (Lipinski definition) is 10. The van der Waals surface area contributed by atoms with Crippen LogP contribution in [0.5, 0.6) is 0 Å². The molecule has 55 heavy (non-hydrogen) atoms. The van der Waals surface area contributed by atoms with Crippen molar-refractivity contribution < 1.29 is 68.8 Å². The number of aliphatic hydroxyl groups is 6. The molecule has 10 N–H and O–H groups in total. The second kappa shape index (κ2) is 22.8. The van der Waals surface area contributed by atoms with Gasteiger partial charge in [-0.3, -0.25) is 24.0 Å². The number of piperidine rings is 1. The first-order valence-electron chi connectivity index (χ1n) is 19.3. The normalized spacial score (nSPS) is 30.7. The van der Waals surface area contributed by atoms with E-state index in [0.717, 1.165) is 0 Å². The fourth-order valence-corrected chi connectivity index (χ4v) is 7.21. The van der Waals surface area contributed by atoms with Crippen molar-refractivity contribution in [3.63, 3.8) is 0 Å². The Morgan fingerprint density at radius 3 is 1.91 bits per heavy atom. The first-order chi connectivity index (χ1) is 26.1. The minimum atomic E-state index is -1.48. The van der Waals surface area contributed by atoms with Crippen LogP contribution in [0.15, 0.2) is 0 Å². The number of Topliss-reactive ketones (excluding diaryl/α,β-unsaturated/α-hetero) is 1. The number of ether oxygens (including phenoxy) is 3. The predicted molar refractivity (Wildman–Crippen MR) is 194 cm³/mol. The summed E-state index contributed by atoms with van der Waals surface area (Å²) < 4.78 is 16.6. The summed E-state index contributed by atoms with van der Waals surface area (Å²) in [5, 5.41) is 71.3. The van der Waals surface area contributed by atoms with Gasteiger partial charge >= 0.3 is 0 Å². The van der Waals surface area contributed by atoms with Gasteiger partial charge in [-0.25, -0.2) is 0 Å². The Bertz CT molecular complexity index is 1200. The number of aliphatic hydroxyl groups excluding tert-OH is 6. The number of likely N-dealkylation sites (N-methyl/N-ethyl adjacent to an activating group) is 1. The van der Waals surface area contributed by atoms with E-state index >= 15 is 0 Å². The number of carbonyl (C=O) groups is 5. The topological polar surface area (TPSA) is 286 Å². The zero-order chi connectivity index (χ0) is 40.7. The molecule has 1 aliphatic carbocycles. The zero-order valence-corrected chi connectivity index (χ0v) is 32.2. The van der Waals surface area contributed by atoms with Gasteiger partial charge in [0.05, 0.1) is 44.6 Å². The summed E-state index contributed by atoms with van der Waals surface area (Å²) in [6, 6.07) is 0. The van der Waals surface area contributed by atoms with Crippen LogP contribution >= 0.6 is 0 Å². The molecule has 0 radical (unpaired) electrons. The molecule has 3 rings (SSSR count). The third kappa shape index (κ3) is 14.6. The molecule has 10 atom stereocenters. The maximum absolute atomic E-state index is 13.2. The number of ketones is 1. The third-order valence-corrected chi connectivity index (χ3v) is 10.7. The van der Waals surface area contributed by atoms with Crippen LogP contribution in [0.4, 0.5) is 0 Å². The van der Waals surface area contributed by atoms with Crippen LogP contribution in [0.2, 0.25) is 0 Å². The minimum absolute atomic E-state index is 0.0148. The lowest BCUT2D eigenvalue weighted by Gasteiger charge is -2.41. The molecule has 0 spiro atoms. The summed E-state index contributed by atoms with van der Waals surface area (Å²) in [7, 11) is 1.64. The molecular formula is C36H63N5O14. The average Bonchev–Trinajstić information content (AvgIpc) is 3.15. The van der Waals surface area contributed by atoms with Crippen molar-refractivity contribution in [2.75, 3.05) is 59.5 Å². The van der Waals surface area contributed by atoms with E-state index in [9.17, 15) is 54.6 Å². The molecule has 19 heteroatoms. The van der Waals surface area contributed by atoms with Gasteiger partial charge < -0.3 is 71.0 Å². The first kappa shape index (κ1) is 46.5. The Kier molecular flexibility index (Phi) is 19.3. The van der Waals surface area contributed by atoms with Gasteiger partial charge in [0.15, 0.2) is 12.1 Å². The Morgan fingerprint density at radius 2 is 1.29 bits per heavy atom. The van der Waals surface area contributed by atoms with Gasteiger partial charge in [-0.15, -0.1) is 0 Å².